The first-order valence-electron chi connectivity index (χ1n) is 8.61. The smallest absolute Gasteiger partial charge is 0.165 e. The predicted molar refractivity (Wildman–Crippen MR) is 102 cm³/mol. The zero-order chi connectivity index (χ0) is 18.0. The number of methoxy groups -OCH3 is 1. The summed E-state index contributed by atoms with van der Waals surface area (Å²) in [6.07, 6.45) is 0. The van der Waals surface area contributed by atoms with Crippen LogP contribution in [0.25, 0.3) is 16.8 Å². The molecule has 3 rings (SSSR count). The summed E-state index contributed by atoms with van der Waals surface area (Å²) in [5.74, 6) is 0.942. The third-order valence-electron chi connectivity index (χ3n) is 4.21. The largest absolute Gasteiger partial charge is 0.383 e. The van der Waals surface area contributed by atoms with Crippen LogP contribution in [0.2, 0.25) is 0 Å². The average molecular weight is 338 g/mol. The minimum Gasteiger partial charge on any atom is -0.383 e. The number of ether oxygens (including phenoxy) is 1. The van der Waals surface area contributed by atoms with Gasteiger partial charge in [-0.3, -0.25) is 0 Å². The van der Waals surface area contributed by atoms with E-state index >= 15 is 0 Å². The number of fused-ring (bicyclic) bond motifs is 1. The lowest BCUT2D eigenvalue weighted by atomic mass is 9.92. The number of hydrogen-bond donors (Lipinski definition) is 1. The molecule has 3 aromatic rings. The van der Waals surface area contributed by atoms with Gasteiger partial charge in [0.1, 0.15) is 5.82 Å². The fraction of sp³-hybridized carbons (Fsp3) is 0.400. The zero-order valence-corrected chi connectivity index (χ0v) is 15.6. The van der Waals surface area contributed by atoms with Crippen LogP contribution in [0.4, 0.5) is 5.82 Å². The van der Waals surface area contributed by atoms with Crippen molar-refractivity contribution >= 4 is 11.5 Å². The SMILES string of the molecule is COCCNc1cc(C(C)(C)C)nc2c(-c3ccccc3)c(C)nn12. The third-order valence-corrected chi connectivity index (χ3v) is 4.21. The number of rotatable bonds is 5. The van der Waals surface area contributed by atoms with Crippen molar-refractivity contribution in [3.63, 3.8) is 0 Å². The molecule has 0 radical (unpaired) electrons. The second-order valence-electron chi connectivity index (χ2n) is 7.26. The van der Waals surface area contributed by atoms with E-state index in [0.29, 0.717) is 6.61 Å². The first kappa shape index (κ1) is 17.4. The molecule has 0 fully saturated rings. The molecule has 0 unspecified atom stereocenters. The van der Waals surface area contributed by atoms with Gasteiger partial charge in [-0.05, 0) is 12.5 Å². The zero-order valence-electron chi connectivity index (χ0n) is 15.6. The Balaban J connectivity index is 2.22. The Labute approximate surface area is 149 Å². The van der Waals surface area contributed by atoms with Crippen LogP contribution >= 0.6 is 0 Å². The summed E-state index contributed by atoms with van der Waals surface area (Å²) in [6.45, 7) is 9.93. The Morgan fingerprint density at radius 3 is 2.52 bits per heavy atom. The Bertz CT molecular complexity index is 863. The van der Waals surface area contributed by atoms with Crippen LogP contribution < -0.4 is 5.32 Å². The number of hydrogen-bond acceptors (Lipinski definition) is 4. The molecule has 0 atom stereocenters. The van der Waals surface area contributed by atoms with Crippen molar-refractivity contribution in [3.05, 3.63) is 47.8 Å². The molecule has 0 saturated carbocycles. The molecular weight excluding hydrogens is 312 g/mol. The van der Waals surface area contributed by atoms with Crippen molar-refractivity contribution in [1.29, 1.82) is 0 Å². The molecule has 1 aromatic carbocycles. The van der Waals surface area contributed by atoms with Gasteiger partial charge in [-0.25, -0.2) is 4.98 Å². The maximum Gasteiger partial charge on any atom is 0.165 e. The fourth-order valence-corrected chi connectivity index (χ4v) is 2.86. The first-order chi connectivity index (χ1) is 11.9. The summed E-state index contributed by atoms with van der Waals surface area (Å²) in [5, 5.41) is 8.17. The topological polar surface area (TPSA) is 51.5 Å². The van der Waals surface area contributed by atoms with E-state index in [0.717, 1.165) is 40.5 Å². The second kappa shape index (κ2) is 6.84. The molecule has 1 N–H and O–H groups in total. The first-order valence-corrected chi connectivity index (χ1v) is 8.61. The number of benzene rings is 1. The molecule has 2 heterocycles. The van der Waals surface area contributed by atoms with Crippen LogP contribution in [-0.4, -0.2) is 34.9 Å². The molecule has 0 aliphatic rings. The van der Waals surface area contributed by atoms with Gasteiger partial charge in [0.2, 0.25) is 0 Å². The number of anilines is 1. The van der Waals surface area contributed by atoms with E-state index in [4.69, 9.17) is 14.8 Å². The van der Waals surface area contributed by atoms with E-state index in [1.54, 1.807) is 7.11 Å². The minimum absolute atomic E-state index is 0.0500. The Hall–Kier alpha value is -2.40. The van der Waals surface area contributed by atoms with Crippen LogP contribution in [0.3, 0.4) is 0 Å². The number of nitrogens with one attached hydrogen (secondary N) is 1. The molecule has 132 valence electrons. The lowest BCUT2D eigenvalue weighted by molar-refractivity contribution is 0.210. The fourth-order valence-electron chi connectivity index (χ4n) is 2.86. The highest BCUT2D eigenvalue weighted by Crippen LogP contribution is 2.31. The highest BCUT2D eigenvalue weighted by atomic mass is 16.5. The van der Waals surface area contributed by atoms with Gasteiger partial charge in [-0.2, -0.15) is 9.61 Å². The molecule has 25 heavy (non-hydrogen) atoms. The van der Waals surface area contributed by atoms with E-state index in [1.807, 2.05) is 29.6 Å². The summed E-state index contributed by atoms with van der Waals surface area (Å²) < 4.78 is 7.07. The maximum absolute atomic E-state index is 5.16. The van der Waals surface area contributed by atoms with Crippen LogP contribution in [0, 0.1) is 6.92 Å². The molecule has 0 bridgehead atoms. The lowest BCUT2D eigenvalue weighted by Crippen LogP contribution is -2.17. The minimum atomic E-state index is -0.0500. The van der Waals surface area contributed by atoms with Gasteiger partial charge in [-0.15, -0.1) is 0 Å². The monoisotopic (exact) mass is 338 g/mol. The molecule has 0 amide bonds. The average Bonchev–Trinajstić information content (AvgIpc) is 2.91. The molecule has 2 aromatic heterocycles. The van der Waals surface area contributed by atoms with Gasteiger partial charge in [0.05, 0.1) is 18.0 Å². The third kappa shape index (κ3) is 3.51. The van der Waals surface area contributed by atoms with Crippen molar-refractivity contribution in [1.82, 2.24) is 14.6 Å². The molecule has 5 nitrogen and oxygen atoms in total. The van der Waals surface area contributed by atoms with Crippen LogP contribution in [0.5, 0.6) is 0 Å². The van der Waals surface area contributed by atoms with Crippen LogP contribution in [-0.2, 0) is 10.2 Å². The van der Waals surface area contributed by atoms with E-state index in [1.165, 1.54) is 0 Å². The van der Waals surface area contributed by atoms with Gasteiger partial charge in [0.15, 0.2) is 5.65 Å². The summed E-state index contributed by atoms with van der Waals surface area (Å²) in [6, 6.07) is 12.4. The Kier molecular flexibility index (Phi) is 4.77. The number of aromatic nitrogens is 3. The van der Waals surface area contributed by atoms with Crippen molar-refractivity contribution in [2.75, 3.05) is 25.6 Å². The van der Waals surface area contributed by atoms with Crippen molar-refractivity contribution < 1.29 is 4.74 Å². The summed E-state index contributed by atoms with van der Waals surface area (Å²) in [5.41, 5.74) is 5.07. The van der Waals surface area contributed by atoms with Gasteiger partial charge < -0.3 is 10.1 Å². The van der Waals surface area contributed by atoms with Crippen LogP contribution in [0.1, 0.15) is 32.2 Å². The van der Waals surface area contributed by atoms with E-state index in [-0.39, 0.29) is 5.41 Å². The molecule has 5 heteroatoms. The lowest BCUT2D eigenvalue weighted by Gasteiger charge is -2.20. The molecule has 0 aliphatic carbocycles. The van der Waals surface area contributed by atoms with Crippen molar-refractivity contribution in [2.45, 2.75) is 33.1 Å². The van der Waals surface area contributed by atoms with E-state index in [2.05, 4.69) is 44.3 Å². The van der Waals surface area contributed by atoms with Gasteiger partial charge in [-0.1, -0.05) is 51.1 Å². The van der Waals surface area contributed by atoms with Crippen molar-refractivity contribution in [2.24, 2.45) is 0 Å². The Morgan fingerprint density at radius 2 is 1.88 bits per heavy atom. The summed E-state index contributed by atoms with van der Waals surface area (Å²) in [4.78, 5) is 4.96. The number of nitrogens with zero attached hydrogens (tertiary/aromatic N) is 3. The second-order valence-corrected chi connectivity index (χ2v) is 7.26. The van der Waals surface area contributed by atoms with Gasteiger partial charge in [0, 0.05) is 30.7 Å². The van der Waals surface area contributed by atoms with E-state index in [9.17, 15) is 0 Å². The highest BCUT2D eigenvalue weighted by molar-refractivity contribution is 5.81. The number of aryl methyl sites for hydroxylation is 1. The predicted octanol–water partition coefficient (Wildman–Crippen LogP) is 4.06. The highest BCUT2D eigenvalue weighted by Gasteiger charge is 2.22. The Morgan fingerprint density at radius 1 is 1.16 bits per heavy atom. The standard InChI is InChI=1S/C20H26N4O/c1-14-18(15-9-7-6-8-10-15)19-22-16(20(2,3)4)13-17(24(19)23-14)21-11-12-25-5/h6-10,13,21H,11-12H2,1-5H3. The molecule has 0 spiro atoms. The molecule has 0 aliphatic heterocycles. The van der Waals surface area contributed by atoms with Crippen molar-refractivity contribution in [3.8, 4) is 11.1 Å². The summed E-state index contributed by atoms with van der Waals surface area (Å²) in [7, 11) is 1.70. The van der Waals surface area contributed by atoms with Gasteiger partial charge in [0.25, 0.3) is 0 Å². The van der Waals surface area contributed by atoms with Gasteiger partial charge >= 0.3 is 0 Å². The summed E-state index contributed by atoms with van der Waals surface area (Å²) >= 11 is 0. The van der Waals surface area contributed by atoms with E-state index < -0.39 is 0 Å². The normalized spacial score (nSPS) is 11.9. The maximum atomic E-state index is 5.16. The molecule has 0 saturated heterocycles. The molecular formula is C20H26N4O. The van der Waals surface area contributed by atoms with Crippen LogP contribution in [0.15, 0.2) is 36.4 Å². The quantitative estimate of drug-likeness (QED) is 0.713.